The molecular formula is C47H40F3NO4. The third-order valence-corrected chi connectivity index (χ3v) is 10.8. The zero-order chi connectivity index (χ0) is 38.5. The van der Waals surface area contributed by atoms with E-state index in [-0.39, 0.29) is 5.91 Å². The summed E-state index contributed by atoms with van der Waals surface area (Å²) in [6, 6.07) is 34.2. The lowest BCUT2D eigenvalue weighted by molar-refractivity contribution is -0.137. The third kappa shape index (κ3) is 6.19. The molecule has 0 bridgehead atoms. The number of unbranched alkanes of at least 4 members (excludes halogenated alkanes) is 1. The highest BCUT2D eigenvalue weighted by atomic mass is 19.4. The highest BCUT2D eigenvalue weighted by Gasteiger charge is 2.45. The van der Waals surface area contributed by atoms with Crippen LogP contribution in [0.2, 0.25) is 0 Å². The van der Waals surface area contributed by atoms with Crippen molar-refractivity contribution in [3.8, 4) is 28.4 Å². The van der Waals surface area contributed by atoms with Crippen LogP contribution in [-0.2, 0) is 17.2 Å². The molecule has 1 aliphatic carbocycles. The second kappa shape index (κ2) is 13.7. The maximum Gasteiger partial charge on any atom is 0.416 e. The predicted octanol–water partition coefficient (Wildman–Crippen LogP) is 12.0. The summed E-state index contributed by atoms with van der Waals surface area (Å²) in [5.41, 5.74) is 3.89. The van der Waals surface area contributed by atoms with Crippen molar-refractivity contribution in [3.63, 3.8) is 0 Å². The molecule has 1 atom stereocenters. The van der Waals surface area contributed by atoms with Gasteiger partial charge in [0, 0.05) is 38.7 Å². The number of ether oxygens (including phenoxy) is 3. The van der Waals surface area contributed by atoms with Crippen LogP contribution in [-0.4, -0.2) is 19.6 Å². The van der Waals surface area contributed by atoms with Gasteiger partial charge in [-0.25, -0.2) is 0 Å². The predicted molar refractivity (Wildman–Crippen MR) is 211 cm³/mol. The molecule has 0 fully saturated rings. The van der Waals surface area contributed by atoms with Gasteiger partial charge in [0.1, 0.15) is 17.2 Å². The van der Waals surface area contributed by atoms with Crippen LogP contribution in [0, 0.1) is 0 Å². The van der Waals surface area contributed by atoms with E-state index in [1.54, 1.807) is 37.4 Å². The number of benzene rings is 6. The zero-order valence-corrected chi connectivity index (χ0v) is 31.0. The Balaban J connectivity index is 1.35. The van der Waals surface area contributed by atoms with Gasteiger partial charge in [0.25, 0.3) is 5.91 Å². The minimum atomic E-state index is -4.51. The van der Waals surface area contributed by atoms with Gasteiger partial charge in [0.15, 0.2) is 5.60 Å². The Morgan fingerprint density at radius 3 is 2.16 bits per heavy atom. The van der Waals surface area contributed by atoms with Gasteiger partial charge < -0.3 is 19.5 Å². The van der Waals surface area contributed by atoms with Gasteiger partial charge in [-0.15, -0.1) is 0 Å². The number of rotatable bonds is 9. The Morgan fingerprint density at radius 1 is 0.818 bits per heavy atom. The number of amides is 1. The normalized spacial score (nSPS) is 16.5. The Hall–Kier alpha value is -6.02. The van der Waals surface area contributed by atoms with Crippen LogP contribution in [0.25, 0.3) is 28.0 Å². The monoisotopic (exact) mass is 739 g/mol. The van der Waals surface area contributed by atoms with Crippen molar-refractivity contribution in [1.82, 2.24) is 0 Å². The van der Waals surface area contributed by atoms with Crippen LogP contribution < -0.4 is 19.5 Å². The molecule has 1 heterocycles. The summed E-state index contributed by atoms with van der Waals surface area (Å²) in [6.45, 7) is 6.66. The van der Waals surface area contributed by atoms with Crippen molar-refractivity contribution >= 4 is 28.4 Å². The SMILES string of the molecule is CCCCOc1ccc(C2(c3ccc(OC)cc3)C=Cc3c4c(c5cc(NC(=O)c6ccccc6)ccc5c3O2)-c2ccc(C(F)(F)F)cc2C4(C)C)cc1. The Labute approximate surface area is 318 Å². The molecular weight excluding hydrogens is 700 g/mol. The standard InChI is InChI=1S/C47H40F3NO4/c1-5-6-26-54-35-20-14-31(15-21-35)46(30-12-18-34(53-4)19-13-30)25-24-38-42-41(37-22-16-32(47(48,49)50)27-40(37)45(42,2)3)39-28-33(17-23-36(39)43(38)55-46)51-44(52)29-10-8-7-9-11-29/h7-25,27-28H,5-6,26H2,1-4H3,(H,51,52). The molecule has 1 aliphatic heterocycles. The van der Waals surface area contributed by atoms with E-state index in [0.29, 0.717) is 40.5 Å². The number of nitrogens with one attached hydrogen (secondary N) is 1. The van der Waals surface area contributed by atoms with Crippen LogP contribution in [0.5, 0.6) is 17.2 Å². The largest absolute Gasteiger partial charge is 0.497 e. The number of carbonyl (C=O) groups excluding carboxylic acids is 1. The number of fused-ring (bicyclic) bond motifs is 8. The van der Waals surface area contributed by atoms with E-state index >= 15 is 0 Å². The van der Waals surface area contributed by atoms with Crippen molar-refractivity contribution in [1.29, 1.82) is 0 Å². The minimum absolute atomic E-state index is 0.273. The molecule has 8 heteroatoms. The molecule has 55 heavy (non-hydrogen) atoms. The van der Waals surface area contributed by atoms with Gasteiger partial charge in [0.2, 0.25) is 0 Å². The molecule has 2 aliphatic rings. The average molecular weight is 740 g/mol. The van der Waals surface area contributed by atoms with Crippen molar-refractivity contribution < 1.29 is 32.2 Å². The van der Waals surface area contributed by atoms with E-state index in [1.807, 2.05) is 92.7 Å². The second-order valence-electron chi connectivity index (χ2n) is 14.6. The van der Waals surface area contributed by atoms with Gasteiger partial charge in [-0.05, 0) is 107 Å². The van der Waals surface area contributed by atoms with Crippen LogP contribution in [0.1, 0.15) is 77.4 Å². The van der Waals surface area contributed by atoms with E-state index < -0.39 is 22.8 Å². The Bertz CT molecular complexity index is 2450. The van der Waals surface area contributed by atoms with Crippen LogP contribution in [0.15, 0.2) is 121 Å². The number of halogens is 3. The summed E-state index contributed by atoms with van der Waals surface area (Å²) < 4.78 is 61.3. The Kier molecular flexibility index (Phi) is 8.95. The lowest BCUT2D eigenvalue weighted by Gasteiger charge is -2.38. The van der Waals surface area contributed by atoms with Crippen molar-refractivity contribution in [2.45, 2.75) is 50.8 Å². The van der Waals surface area contributed by atoms with Gasteiger partial charge in [-0.1, -0.05) is 81.8 Å². The maximum atomic E-state index is 14.1. The maximum absolute atomic E-state index is 14.1. The average Bonchev–Trinajstić information content (AvgIpc) is 3.44. The molecule has 1 amide bonds. The molecule has 1 N–H and O–H groups in total. The lowest BCUT2D eigenvalue weighted by Crippen LogP contribution is -2.35. The van der Waals surface area contributed by atoms with Gasteiger partial charge in [-0.3, -0.25) is 4.79 Å². The van der Waals surface area contributed by atoms with Gasteiger partial charge in [-0.2, -0.15) is 13.2 Å². The topological polar surface area (TPSA) is 56.8 Å². The number of anilines is 1. The summed E-state index contributed by atoms with van der Waals surface area (Å²) in [4.78, 5) is 13.3. The number of carbonyl (C=O) groups is 1. The molecule has 8 rings (SSSR count). The van der Waals surface area contributed by atoms with Crippen LogP contribution >= 0.6 is 0 Å². The summed E-state index contributed by atoms with van der Waals surface area (Å²) in [7, 11) is 1.62. The number of hydrogen-bond acceptors (Lipinski definition) is 4. The first-order chi connectivity index (χ1) is 26.4. The first-order valence-corrected chi connectivity index (χ1v) is 18.4. The van der Waals surface area contributed by atoms with Crippen molar-refractivity contribution in [2.24, 2.45) is 0 Å². The van der Waals surface area contributed by atoms with Crippen molar-refractivity contribution in [2.75, 3.05) is 19.0 Å². The minimum Gasteiger partial charge on any atom is -0.497 e. The van der Waals surface area contributed by atoms with Crippen molar-refractivity contribution in [3.05, 3.63) is 160 Å². The molecule has 0 aromatic heterocycles. The van der Waals surface area contributed by atoms with Gasteiger partial charge >= 0.3 is 6.18 Å². The van der Waals surface area contributed by atoms with E-state index in [2.05, 4.69) is 18.3 Å². The van der Waals surface area contributed by atoms with E-state index in [0.717, 1.165) is 63.2 Å². The fourth-order valence-electron chi connectivity index (χ4n) is 7.98. The number of alkyl halides is 3. The van der Waals surface area contributed by atoms with Gasteiger partial charge in [0.05, 0.1) is 19.3 Å². The number of hydrogen-bond donors (Lipinski definition) is 1. The van der Waals surface area contributed by atoms with Crippen LogP contribution in [0.3, 0.4) is 0 Å². The highest BCUT2D eigenvalue weighted by molar-refractivity contribution is 6.11. The fourth-order valence-corrected chi connectivity index (χ4v) is 7.98. The van der Waals surface area contributed by atoms with E-state index in [4.69, 9.17) is 14.2 Å². The molecule has 5 nitrogen and oxygen atoms in total. The highest BCUT2D eigenvalue weighted by Crippen LogP contribution is 2.59. The third-order valence-electron chi connectivity index (χ3n) is 10.8. The smallest absolute Gasteiger partial charge is 0.416 e. The lowest BCUT2D eigenvalue weighted by atomic mass is 9.76. The summed E-state index contributed by atoms with van der Waals surface area (Å²) in [5.74, 6) is 1.77. The molecule has 0 spiro atoms. The number of methoxy groups -OCH3 is 1. The molecule has 6 aromatic carbocycles. The molecule has 0 radical (unpaired) electrons. The quantitative estimate of drug-likeness (QED) is 0.150. The summed E-state index contributed by atoms with van der Waals surface area (Å²) >= 11 is 0. The van der Waals surface area contributed by atoms with E-state index in [9.17, 15) is 18.0 Å². The molecule has 1 unspecified atom stereocenters. The molecule has 278 valence electrons. The molecule has 0 saturated carbocycles. The summed E-state index contributed by atoms with van der Waals surface area (Å²) in [6.07, 6.45) is 1.56. The first-order valence-electron chi connectivity index (χ1n) is 18.4. The molecule has 0 saturated heterocycles. The van der Waals surface area contributed by atoms with Crippen LogP contribution in [0.4, 0.5) is 18.9 Å². The molecule has 6 aromatic rings. The first kappa shape index (κ1) is 36.0. The zero-order valence-electron chi connectivity index (χ0n) is 31.0. The Morgan fingerprint density at radius 2 is 1.51 bits per heavy atom. The second-order valence-corrected chi connectivity index (χ2v) is 14.6. The fraction of sp³-hybridized carbons (Fsp3) is 0.213. The van der Waals surface area contributed by atoms with E-state index in [1.165, 1.54) is 6.07 Å². The summed E-state index contributed by atoms with van der Waals surface area (Å²) in [5, 5.41) is 4.55.